The molecule has 8 aromatic carbocycles. The highest BCUT2D eigenvalue weighted by Crippen LogP contribution is 2.41. The number of para-hydroxylation sites is 4. The molecule has 0 N–H and O–H groups in total. The van der Waals surface area contributed by atoms with Crippen LogP contribution in [-0.2, 0) is 0 Å². The fourth-order valence-corrected chi connectivity index (χ4v) is 8.21. The first kappa shape index (κ1) is 28.0. The van der Waals surface area contributed by atoms with Crippen molar-refractivity contribution < 1.29 is 4.42 Å². The minimum absolute atomic E-state index is 0.910. The first-order chi connectivity index (χ1) is 25.3. The van der Waals surface area contributed by atoms with Gasteiger partial charge in [-0.15, -0.1) is 0 Å². The predicted octanol–water partition coefficient (Wildman–Crippen LogP) is 13.1. The van der Waals surface area contributed by atoms with Crippen LogP contribution in [0.5, 0.6) is 0 Å². The summed E-state index contributed by atoms with van der Waals surface area (Å²) in [6, 6.07) is 65.5. The van der Waals surface area contributed by atoms with Crippen molar-refractivity contribution in [3.63, 3.8) is 0 Å². The molecule has 3 heteroatoms. The van der Waals surface area contributed by atoms with E-state index in [1.54, 1.807) is 0 Å². The molecule has 11 aromatic rings. The lowest BCUT2D eigenvalue weighted by molar-refractivity contribution is 0.670. The Morgan fingerprint density at radius 3 is 1.63 bits per heavy atom. The maximum atomic E-state index is 6.46. The van der Waals surface area contributed by atoms with E-state index in [-0.39, 0.29) is 0 Å². The molecule has 0 aliphatic rings. The molecule has 0 fully saturated rings. The van der Waals surface area contributed by atoms with Crippen LogP contribution in [0.25, 0.3) is 99.2 Å². The summed E-state index contributed by atoms with van der Waals surface area (Å²) in [5.74, 6) is 0. The van der Waals surface area contributed by atoms with Gasteiger partial charge in [-0.25, -0.2) is 0 Å². The van der Waals surface area contributed by atoms with Crippen molar-refractivity contribution in [1.29, 1.82) is 0 Å². The summed E-state index contributed by atoms with van der Waals surface area (Å²) >= 11 is 0. The van der Waals surface area contributed by atoms with Gasteiger partial charge in [-0.3, -0.25) is 0 Å². The molecule has 0 aliphatic carbocycles. The van der Waals surface area contributed by atoms with Crippen LogP contribution in [0, 0.1) is 0 Å². The third kappa shape index (κ3) is 4.19. The molecule has 0 spiro atoms. The van der Waals surface area contributed by atoms with E-state index in [9.17, 15) is 0 Å². The Morgan fingerprint density at radius 1 is 0.314 bits per heavy atom. The first-order valence-electron chi connectivity index (χ1n) is 17.4. The number of furan rings is 1. The molecule has 3 heterocycles. The summed E-state index contributed by atoms with van der Waals surface area (Å²) in [5.41, 5.74) is 13.5. The molecule has 238 valence electrons. The summed E-state index contributed by atoms with van der Waals surface area (Å²) in [5, 5.41) is 7.26. The minimum Gasteiger partial charge on any atom is -0.455 e. The molecule has 3 nitrogen and oxygen atoms in total. The van der Waals surface area contributed by atoms with E-state index in [0.29, 0.717) is 0 Å². The lowest BCUT2D eigenvalue weighted by atomic mass is 10.0. The highest BCUT2D eigenvalue weighted by Gasteiger charge is 2.19. The zero-order chi connectivity index (χ0) is 33.5. The Morgan fingerprint density at radius 2 is 0.882 bits per heavy atom. The lowest BCUT2D eigenvalue weighted by Gasteiger charge is -2.12. The van der Waals surface area contributed by atoms with Gasteiger partial charge in [-0.05, 0) is 71.3 Å². The Kier molecular flexibility index (Phi) is 5.96. The molecule has 0 radical (unpaired) electrons. The molecule has 0 bridgehead atoms. The van der Waals surface area contributed by atoms with Crippen molar-refractivity contribution in [3.8, 4) is 33.6 Å². The highest BCUT2D eigenvalue weighted by atomic mass is 16.3. The Balaban J connectivity index is 1.15. The molecule has 0 saturated heterocycles. The average Bonchev–Trinajstić information content (AvgIpc) is 3.85. The number of fused-ring (bicyclic) bond motifs is 9. The third-order valence-corrected chi connectivity index (χ3v) is 10.5. The van der Waals surface area contributed by atoms with Crippen LogP contribution < -0.4 is 0 Å². The molecule has 0 saturated carbocycles. The lowest BCUT2D eigenvalue weighted by Crippen LogP contribution is -1.96. The van der Waals surface area contributed by atoms with Crippen molar-refractivity contribution >= 4 is 65.6 Å². The van der Waals surface area contributed by atoms with Crippen LogP contribution in [0.15, 0.2) is 186 Å². The number of benzene rings is 8. The van der Waals surface area contributed by atoms with Gasteiger partial charge in [0.05, 0.1) is 22.1 Å². The van der Waals surface area contributed by atoms with Crippen molar-refractivity contribution in [1.82, 2.24) is 9.13 Å². The quantitative estimate of drug-likeness (QED) is 0.186. The van der Waals surface area contributed by atoms with Crippen molar-refractivity contribution in [2.75, 3.05) is 0 Å². The number of hydrogen-bond donors (Lipinski definition) is 0. The van der Waals surface area contributed by atoms with E-state index in [0.717, 1.165) is 44.4 Å². The Labute approximate surface area is 293 Å². The molecule has 0 amide bonds. The molecule has 0 unspecified atom stereocenters. The second-order valence-electron chi connectivity index (χ2n) is 13.3. The maximum Gasteiger partial charge on any atom is 0.143 e. The zero-order valence-corrected chi connectivity index (χ0v) is 27.6. The number of rotatable bonds is 4. The van der Waals surface area contributed by atoms with Crippen LogP contribution in [0.4, 0.5) is 0 Å². The summed E-state index contributed by atoms with van der Waals surface area (Å²) in [7, 11) is 0. The smallest absolute Gasteiger partial charge is 0.143 e. The third-order valence-electron chi connectivity index (χ3n) is 10.5. The van der Waals surface area contributed by atoms with E-state index in [1.165, 1.54) is 54.7 Å². The summed E-state index contributed by atoms with van der Waals surface area (Å²) in [4.78, 5) is 0. The second-order valence-corrected chi connectivity index (χ2v) is 13.3. The van der Waals surface area contributed by atoms with Crippen molar-refractivity contribution in [2.24, 2.45) is 0 Å². The van der Waals surface area contributed by atoms with Crippen LogP contribution in [0.2, 0.25) is 0 Å². The number of nitrogens with zero attached hydrogens (tertiary/aromatic N) is 2. The number of aromatic nitrogens is 2. The molecular weight excluding hydrogens is 621 g/mol. The molecule has 0 aliphatic heterocycles. The van der Waals surface area contributed by atoms with Gasteiger partial charge in [-0.2, -0.15) is 0 Å². The van der Waals surface area contributed by atoms with Gasteiger partial charge in [-0.1, -0.05) is 127 Å². The van der Waals surface area contributed by atoms with E-state index in [2.05, 4.69) is 179 Å². The predicted molar refractivity (Wildman–Crippen MR) is 213 cm³/mol. The fraction of sp³-hybridized carbons (Fsp3) is 0. The molecular formula is C48H30N2O. The van der Waals surface area contributed by atoms with E-state index < -0.39 is 0 Å². The Hall–Kier alpha value is -6.84. The van der Waals surface area contributed by atoms with Crippen molar-refractivity contribution in [3.05, 3.63) is 182 Å². The topological polar surface area (TPSA) is 23.0 Å². The van der Waals surface area contributed by atoms with Crippen LogP contribution in [0.1, 0.15) is 0 Å². The van der Waals surface area contributed by atoms with Gasteiger partial charge in [0.1, 0.15) is 11.2 Å². The molecule has 3 aromatic heterocycles. The van der Waals surface area contributed by atoms with Gasteiger partial charge >= 0.3 is 0 Å². The fourth-order valence-electron chi connectivity index (χ4n) is 8.21. The molecule has 11 rings (SSSR count). The highest BCUT2D eigenvalue weighted by molar-refractivity contribution is 6.19. The monoisotopic (exact) mass is 650 g/mol. The van der Waals surface area contributed by atoms with E-state index in [1.807, 2.05) is 12.1 Å². The van der Waals surface area contributed by atoms with Gasteiger partial charge < -0.3 is 13.6 Å². The van der Waals surface area contributed by atoms with Gasteiger partial charge in [0.15, 0.2) is 0 Å². The summed E-state index contributed by atoms with van der Waals surface area (Å²) in [6.07, 6.45) is 0. The largest absolute Gasteiger partial charge is 0.455 e. The van der Waals surface area contributed by atoms with Crippen LogP contribution in [-0.4, -0.2) is 9.13 Å². The van der Waals surface area contributed by atoms with E-state index >= 15 is 0 Å². The van der Waals surface area contributed by atoms with Crippen molar-refractivity contribution in [2.45, 2.75) is 0 Å². The van der Waals surface area contributed by atoms with Crippen LogP contribution in [0.3, 0.4) is 0 Å². The minimum atomic E-state index is 0.910. The molecule has 0 atom stereocenters. The summed E-state index contributed by atoms with van der Waals surface area (Å²) < 4.78 is 11.3. The zero-order valence-electron chi connectivity index (χ0n) is 27.6. The van der Waals surface area contributed by atoms with Gasteiger partial charge in [0.25, 0.3) is 0 Å². The maximum absolute atomic E-state index is 6.46. The number of hydrogen-bond acceptors (Lipinski definition) is 1. The van der Waals surface area contributed by atoms with Gasteiger partial charge in [0.2, 0.25) is 0 Å². The SMILES string of the molecule is c1ccc(-c2ccc(-n3c4ccccc4c4cc5c6ccccc6n(-c6cccc(-c7cccc8c7oc7ccccc78)c6)c5cc43)cc2)cc1. The summed E-state index contributed by atoms with van der Waals surface area (Å²) in [6.45, 7) is 0. The van der Waals surface area contributed by atoms with E-state index in [4.69, 9.17) is 4.42 Å². The first-order valence-corrected chi connectivity index (χ1v) is 17.4. The standard InChI is InChI=1S/C48H30N2O/c1-2-12-31(13-3-1)32-24-26-34(27-25-32)49-43-21-7-4-16-37(43)41-29-42-38-17-5-8-22-44(38)50(46(42)30-45(41)49)35-15-10-14-33(28-35)36-19-11-20-40-39-18-6-9-23-47(39)51-48(36)40/h1-30H. The second kappa shape index (κ2) is 10.8. The average molecular weight is 651 g/mol. The van der Waals surface area contributed by atoms with Gasteiger partial charge in [0, 0.05) is 49.3 Å². The Bertz CT molecular complexity index is 3120. The normalized spacial score (nSPS) is 11.9. The molecule has 51 heavy (non-hydrogen) atoms. The van der Waals surface area contributed by atoms with Crippen LogP contribution >= 0.6 is 0 Å².